The van der Waals surface area contributed by atoms with Crippen molar-refractivity contribution in [2.75, 3.05) is 14.2 Å². The van der Waals surface area contributed by atoms with Gasteiger partial charge in [0, 0.05) is 11.6 Å². The zero-order valence-corrected chi connectivity index (χ0v) is 10.2. The lowest BCUT2D eigenvalue weighted by Gasteiger charge is -2.18. The second-order valence-corrected chi connectivity index (χ2v) is 3.85. The number of aliphatic hydroxyl groups excluding tert-OH is 1. The lowest BCUT2D eigenvalue weighted by atomic mass is 10.0. The summed E-state index contributed by atoms with van der Waals surface area (Å²) in [7, 11) is 3.17. The summed E-state index contributed by atoms with van der Waals surface area (Å²) in [5.41, 5.74) is 7.27. The molecule has 90 valence electrons. The largest absolute Gasteiger partial charge is 0.496 e. The van der Waals surface area contributed by atoms with Crippen LogP contribution in [-0.4, -0.2) is 25.4 Å². The van der Waals surface area contributed by atoms with Gasteiger partial charge in [-0.3, -0.25) is 0 Å². The maximum absolute atomic E-state index is 9.89. The molecule has 1 aromatic carbocycles. The average molecular weight is 225 g/mol. The van der Waals surface area contributed by atoms with Gasteiger partial charge in [0.2, 0.25) is 0 Å². The molecule has 1 aromatic rings. The predicted molar refractivity (Wildman–Crippen MR) is 62.9 cm³/mol. The van der Waals surface area contributed by atoms with Gasteiger partial charge in [-0.1, -0.05) is 0 Å². The van der Waals surface area contributed by atoms with Crippen LogP contribution in [0.2, 0.25) is 0 Å². The Hall–Kier alpha value is -1.26. The summed E-state index contributed by atoms with van der Waals surface area (Å²) in [6.07, 6.45) is -0.719. The Kier molecular flexibility index (Phi) is 4.15. The summed E-state index contributed by atoms with van der Waals surface area (Å²) in [6.45, 7) is 3.66. The molecule has 4 heteroatoms. The van der Waals surface area contributed by atoms with E-state index in [1.807, 2.05) is 6.92 Å². The van der Waals surface area contributed by atoms with Crippen molar-refractivity contribution < 1.29 is 14.6 Å². The highest BCUT2D eigenvalue weighted by atomic mass is 16.5. The van der Waals surface area contributed by atoms with E-state index in [0.717, 1.165) is 5.56 Å². The van der Waals surface area contributed by atoms with Crippen molar-refractivity contribution in [3.8, 4) is 11.5 Å². The molecular weight excluding hydrogens is 206 g/mol. The van der Waals surface area contributed by atoms with E-state index in [1.54, 1.807) is 33.3 Å². The molecule has 3 N–H and O–H groups in total. The quantitative estimate of drug-likeness (QED) is 0.812. The van der Waals surface area contributed by atoms with Crippen LogP contribution in [0.5, 0.6) is 11.5 Å². The first-order valence-corrected chi connectivity index (χ1v) is 5.17. The van der Waals surface area contributed by atoms with Gasteiger partial charge in [-0.15, -0.1) is 0 Å². The number of benzene rings is 1. The molecule has 0 heterocycles. The molecular formula is C12H19NO3. The van der Waals surface area contributed by atoms with Crippen molar-refractivity contribution in [3.05, 3.63) is 23.3 Å². The Balaban J connectivity index is 3.21. The zero-order chi connectivity index (χ0) is 12.3. The average Bonchev–Trinajstić information content (AvgIpc) is 2.28. The summed E-state index contributed by atoms with van der Waals surface area (Å²) in [5.74, 6) is 1.38. The smallest absolute Gasteiger partial charge is 0.125 e. The van der Waals surface area contributed by atoms with E-state index < -0.39 is 6.10 Å². The summed E-state index contributed by atoms with van der Waals surface area (Å²) in [4.78, 5) is 0. The lowest BCUT2D eigenvalue weighted by Crippen LogP contribution is -2.24. The summed E-state index contributed by atoms with van der Waals surface area (Å²) < 4.78 is 10.5. The molecule has 16 heavy (non-hydrogen) atoms. The molecule has 0 fully saturated rings. The molecule has 0 aliphatic heterocycles. The van der Waals surface area contributed by atoms with Gasteiger partial charge >= 0.3 is 0 Å². The van der Waals surface area contributed by atoms with E-state index in [1.165, 1.54) is 0 Å². The topological polar surface area (TPSA) is 64.7 Å². The third kappa shape index (κ3) is 2.46. The fourth-order valence-electron chi connectivity index (χ4n) is 1.58. The second kappa shape index (κ2) is 5.18. The Labute approximate surface area is 96.0 Å². The van der Waals surface area contributed by atoms with Crippen LogP contribution < -0.4 is 15.2 Å². The van der Waals surface area contributed by atoms with E-state index in [2.05, 4.69) is 0 Å². The van der Waals surface area contributed by atoms with Crippen molar-refractivity contribution in [1.82, 2.24) is 0 Å². The fourth-order valence-corrected chi connectivity index (χ4v) is 1.58. The Morgan fingerprint density at radius 2 is 1.62 bits per heavy atom. The van der Waals surface area contributed by atoms with Crippen molar-refractivity contribution >= 4 is 0 Å². The van der Waals surface area contributed by atoms with Gasteiger partial charge < -0.3 is 20.3 Å². The zero-order valence-electron chi connectivity index (χ0n) is 10.2. The molecule has 0 aromatic heterocycles. The molecule has 0 radical (unpaired) electrons. The van der Waals surface area contributed by atoms with Gasteiger partial charge in [-0.05, 0) is 31.5 Å². The van der Waals surface area contributed by atoms with Crippen molar-refractivity contribution in [2.45, 2.75) is 26.0 Å². The minimum atomic E-state index is -0.719. The summed E-state index contributed by atoms with van der Waals surface area (Å²) >= 11 is 0. The van der Waals surface area contributed by atoms with Crippen molar-refractivity contribution in [3.63, 3.8) is 0 Å². The van der Waals surface area contributed by atoms with Gasteiger partial charge in [-0.25, -0.2) is 0 Å². The van der Waals surface area contributed by atoms with Crippen LogP contribution in [0, 0.1) is 6.92 Å². The maximum atomic E-state index is 9.89. The Bertz CT molecular complexity index is 338. The van der Waals surface area contributed by atoms with Crippen molar-refractivity contribution in [2.24, 2.45) is 5.73 Å². The van der Waals surface area contributed by atoms with Crippen LogP contribution in [0.4, 0.5) is 0 Å². The normalized spacial score (nSPS) is 14.4. The van der Waals surface area contributed by atoms with Gasteiger partial charge in [0.25, 0.3) is 0 Å². The summed E-state index contributed by atoms with van der Waals surface area (Å²) in [6, 6.07) is 3.23. The van der Waals surface area contributed by atoms with E-state index >= 15 is 0 Å². The Morgan fingerprint density at radius 1 is 1.19 bits per heavy atom. The molecule has 0 saturated carbocycles. The third-order valence-electron chi connectivity index (χ3n) is 2.61. The predicted octanol–water partition coefficient (Wildman–Crippen LogP) is 1.39. The first-order valence-electron chi connectivity index (χ1n) is 5.17. The molecule has 1 rings (SSSR count). The van der Waals surface area contributed by atoms with Crippen LogP contribution >= 0.6 is 0 Å². The number of methoxy groups -OCH3 is 2. The van der Waals surface area contributed by atoms with E-state index in [0.29, 0.717) is 17.1 Å². The standard InChI is InChI=1S/C12H19NO3/c1-7-10(15-3)5-9(6-11(7)16-4)12(14)8(2)13/h5-6,8,12,14H,13H2,1-4H3/t8-,12-/m0/s1. The highest BCUT2D eigenvalue weighted by Gasteiger charge is 2.16. The number of hydrogen-bond acceptors (Lipinski definition) is 4. The lowest BCUT2D eigenvalue weighted by molar-refractivity contribution is 0.152. The highest BCUT2D eigenvalue weighted by molar-refractivity contribution is 5.47. The van der Waals surface area contributed by atoms with Gasteiger partial charge in [0.15, 0.2) is 0 Å². The second-order valence-electron chi connectivity index (χ2n) is 3.85. The monoisotopic (exact) mass is 225 g/mol. The summed E-state index contributed by atoms with van der Waals surface area (Å²) in [5, 5.41) is 9.89. The van der Waals surface area contributed by atoms with Gasteiger partial charge in [0.1, 0.15) is 11.5 Å². The van der Waals surface area contributed by atoms with Gasteiger partial charge in [-0.2, -0.15) is 0 Å². The molecule has 0 aliphatic carbocycles. The van der Waals surface area contributed by atoms with E-state index in [4.69, 9.17) is 15.2 Å². The molecule has 0 amide bonds. The minimum absolute atomic E-state index is 0.336. The molecule has 0 unspecified atom stereocenters. The van der Waals surface area contributed by atoms with Crippen molar-refractivity contribution in [1.29, 1.82) is 0 Å². The number of aliphatic hydroxyl groups is 1. The molecule has 0 spiro atoms. The van der Waals surface area contributed by atoms with E-state index in [-0.39, 0.29) is 6.04 Å². The number of nitrogens with two attached hydrogens (primary N) is 1. The van der Waals surface area contributed by atoms with Crippen LogP contribution in [-0.2, 0) is 0 Å². The number of hydrogen-bond donors (Lipinski definition) is 2. The maximum Gasteiger partial charge on any atom is 0.125 e. The molecule has 4 nitrogen and oxygen atoms in total. The number of ether oxygens (including phenoxy) is 2. The van der Waals surface area contributed by atoms with Crippen LogP contribution in [0.25, 0.3) is 0 Å². The molecule has 0 bridgehead atoms. The molecule has 0 aliphatic rings. The molecule has 2 atom stereocenters. The highest BCUT2D eigenvalue weighted by Crippen LogP contribution is 2.32. The first kappa shape index (κ1) is 12.8. The van der Waals surface area contributed by atoms with Crippen LogP contribution in [0.15, 0.2) is 12.1 Å². The minimum Gasteiger partial charge on any atom is -0.496 e. The Morgan fingerprint density at radius 3 is 1.94 bits per heavy atom. The van der Waals surface area contributed by atoms with Crippen LogP contribution in [0.1, 0.15) is 24.2 Å². The fraction of sp³-hybridized carbons (Fsp3) is 0.500. The third-order valence-corrected chi connectivity index (χ3v) is 2.61. The molecule has 0 saturated heterocycles. The van der Waals surface area contributed by atoms with Crippen LogP contribution in [0.3, 0.4) is 0 Å². The van der Waals surface area contributed by atoms with E-state index in [9.17, 15) is 5.11 Å². The number of rotatable bonds is 4. The SMILES string of the molecule is COc1cc([C@@H](O)[C@H](C)N)cc(OC)c1C. The first-order chi connectivity index (χ1) is 7.51. The van der Waals surface area contributed by atoms with Gasteiger partial charge in [0.05, 0.1) is 20.3 Å².